The fraction of sp³-hybridized carbons (Fsp3) is 0.923. The molecule has 1 fully saturated rings. The van der Waals surface area contributed by atoms with E-state index in [4.69, 9.17) is 5.11 Å². The molecule has 17 heavy (non-hydrogen) atoms. The summed E-state index contributed by atoms with van der Waals surface area (Å²) in [6.45, 7) is 8.54. The summed E-state index contributed by atoms with van der Waals surface area (Å²) < 4.78 is 0. The van der Waals surface area contributed by atoms with Crippen LogP contribution in [0.1, 0.15) is 40.0 Å². The lowest BCUT2D eigenvalue weighted by molar-refractivity contribution is -0.131. The molecule has 100 valence electrons. The molecule has 0 aromatic heterocycles. The lowest BCUT2D eigenvalue weighted by atomic mass is 10.0. The van der Waals surface area contributed by atoms with Crippen molar-refractivity contribution in [2.75, 3.05) is 26.2 Å². The van der Waals surface area contributed by atoms with Gasteiger partial charge in [0, 0.05) is 32.1 Å². The van der Waals surface area contributed by atoms with Crippen molar-refractivity contribution in [2.45, 2.75) is 52.1 Å². The predicted molar refractivity (Wildman–Crippen MR) is 68.8 cm³/mol. The third-order valence-corrected chi connectivity index (χ3v) is 3.57. The minimum atomic E-state index is 0.148. The van der Waals surface area contributed by atoms with Gasteiger partial charge in [-0.25, -0.2) is 0 Å². The first-order valence-corrected chi connectivity index (χ1v) is 6.68. The van der Waals surface area contributed by atoms with Gasteiger partial charge in [-0.2, -0.15) is 0 Å². The molecule has 1 rings (SSSR count). The SMILES string of the molecule is CC(=O)N(CC1CCCCN1CCO)C(C)C. The smallest absolute Gasteiger partial charge is 0.219 e. The van der Waals surface area contributed by atoms with Crippen LogP contribution in [-0.2, 0) is 4.79 Å². The topological polar surface area (TPSA) is 43.8 Å². The number of β-amino-alcohol motifs (C(OH)–C–C–N with tert-alkyl or cyclic N) is 1. The highest BCUT2D eigenvalue weighted by Gasteiger charge is 2.25. The second kappa shape index (κ2) is 6.97. The zero-order chi connectivity index (χ0) is 12.8. The quantitative estimate of drug-likeness (QED) is 0.785. The number of carbonyl (C=O) groups is 1. The van der Waals surface area contributed by atoms with Crippen molar-refractivity contribution >= 4 is 5.91 Å². The second-order valence-electron chi connectivity index (χ2n) is 5.17. The summed E-state index contributed by atoms with van der Waals surface area (Å²) in [5, 5.41) is 9.07. The average molecular weight is 242 g/mol. The fourth-order valence-corrected chi connectivity index (χ4v) is 2.62. The summed E-state index contributed by atoms with van der Waals surface area (Å²) in [5.41, 5.74) is 0. The Labute approximate surface area is 105 Å². The molecule has 0 bridgehead atoms. The Morgan fingerprint density at radius 1 is 1.47 bits per heavy atom. The molecule has 1 atom stereocenters. The first-order valence-electron chi connectivity index (χ1n) is 6.68. The van der Waals surface area contributed by atoms with Gasteiger partial charge in [-0.05, 0) is 33.2 Å². The molecular formula is C13H26N2O2. The van der Waals surface area contributed by atoms with E-state index in [0.717, 1.165) is 26.1 Å². The number of aliphatic hydroxyl groups is 1. The number of hydrogen-bond acceptors (Lipinski definition) is 3. The molecule has 0 saturated carbocycles. The van der Waals surface area contributed by atoms with Crippen LogP contribution in [0.2, 0.25) is 0 Å². The van der Waals surface area contributed by atoms with Crippen molar-refractivity contribution in [1.82, 2.24) is 9.80 Å². The number of carbonyl (C=O) groups excluding carboxylic acids is 1. The van der Waals surface area contributed by atoms with Crippen LogP contribution < -0.4 is 0 Å². The third kappa shape index (κ3) is 4.28. The average Bonchev–Trinajstić information content (AvgIpc) is 2.27. The monoisotopic (exact) mass is 242 g/mol. The van der Waals surface area contributed by atoms with E-state index in [0.29, 0.717) is 6.04 Å². The van der Waals surface area contributed by atoms with E-state index < -0.39 is 0 Å². The second-order valence-corrected chi connectivity index (χ2v) is 5.17. The molecule has 1 N–H and O–H groups in total. The number of nitrogens with zero attached hydrogens (tertiary/aromatic N) is 2. The van der Waals surface area contributed by atoms with Gasteiger partial charge in [0.25, 0.3) is 0 Å². The zero-order valence-electron chi connectivity index (χ0n) is 11.4. The van der Waals surface area contributed by atoms with Gasteiger partial charge in [-0.15, -0.1) is 0 Å². The van der Waals surface area contributed by atoms with Crippen molar-refractivity contribution in [3.8, 4) is 0 Å². The van der Waals surface area contributed by atoms with E-state index in [9.17, 15) is 4.79 Å². The fourth-order valence-electron chi connectivity index (χ4n) is 2.62. The maximum absolute atomic E-state index is 11.6. The predicted octanol–water partition coefficient (Wildman–Crippen LogP) is 1.09. The van der Waals surface area contributed by atoms with Gasteiger partial charge in [0.05, 0.1) is 6.61 Å². The summed E-state index contributed by atoms with van der Waals surface area (Å²) in [7, 11) is 0. The van der Waals surface area contributed by atoms with Crippen LogP contribution in [0.4, 0.5) is 0 Å². The number of rotatable bonds is 5. The summed E-state index contributed by atoms with van der Waals surface area (Å²) in [4.78, 5) is 15.8. The summed E-state index contributed by atoms with van der Waals surface area (Å²) >= 11 is 0. The molecular weight excluding hydrogens is 216 g/mol. The van der Waals surface area contributed by atoms with E-state index in [1.807, 2.05) is 4.90 Å². The Hall–Kier alpha value is -0.610. The Morgan fingerprint density at radius 2 is 2.18 bits per heavy atom. The summed E-state index contributed by atoms with van der Waals surface area (Å²) in [6.07, 6.45) is 3.57. The molecule has 0 spiro atoms. The molecule has 1 aliphatic heterocycles. The van der Waals surface area contributed by atoms with Gasteiger partial charge in [0.2, 0.25) is 5.91 Å². The number of hydrogen-bond donors (Lipinski definition) is 1. The molecule has 1 saturated heterocycles. The van der Waals surface area contributed by atoms with Crippen molar-refractivity contribution in [2.24, 2.45) is 0 Å². The molecule has 1 amide bonds. The zero-order valence-corrected chi connectivity index (χ0v) is 11.4. The largest absolute Gasteiger partial charge is 0.395 e. The van der Waals surface area contributed by atoms with E-state index in [-0.39, 0.29) is 18.6 Å². The number of aliphatic hydroxyl groups excluding tert-OH is 1. The Kier molecular flexibility index (Phi) is 5.92. The normalized spacial score (nSPS) is 21.8. The Morgan fingerprint density at radius 3 is 2.71 bits per heavy atom. The number of piperidine rings is 1. The van der Waals surface area contributed by atoms with Crippen LogP contribution in [0, 0.1) is 0 Å². The van der Waals surface area contributed by atoms with Crippen LogP contribution in [0.25, 0.3) is 0 Å². The van der Waals surface area contributed by atoms with Crippen LogP contribution in [0.15, 0.2) is 0 Å². The van der Waals surface area contributed by atoms with Crippen LogP contribution in [0.3, 0.4) is 0 Å². The lowest BCUT2D eigenvalue weighted by Crippen LogP contribution is -2.50. The van der Waals surface area contributed by atoms with Crippen molar-refractivity contribution in [3.05, 3.63) is 0 Å². The number of likely N-dealkylation sites (tertiary alicyclic amines) is 1. The van der Waals surface area contributed by atoms with Gasteiger partial charge in [0.15, 0.2) is 0 Å². The van der Waals surface area contributed by atoms with Crippen molar-refractivity contribution < 1.29 is 9.90 Å². The first-order chi connectivity index (χ1) is 8.06. The molecule has 1 heterocycles. The minimum Gasteiger partial charge on any atom is -0.395 e. The first kappa shape index (κ1) is 14.5. The Balaban J connectivity index is 2.58. The van der Waals surface area contributed by atoms with Crippen LogP contribution >= 0.6 is 0 Å². The van der Waals surface area contributed by atoms with Gasteiger partial charge >= 0.3 is 0 Å². The summed E-state index contributed by atoms with van der Waals surface area (Å²) in [5.74, 6) is 0.148. The summed E-state index contributed by atoms with van der Waals surface area (Å²) in [6, 6.07) is 0.674. The molecule has 4 nitrogen and oxygen atoms in total. The maximum atomic E-state index is 11.6. The van der Waals surface area contributed by atoms with Gasteiger partial charge < -0.3 is 10.0 Å². The van der Waals surface area contributed by atoms with Crippen LogP contribution in [0.5, 0.6) is 0 Å². The van der Waals surface area contributed by atoms with Crippen molar-refractivity contribution in [3.63, 3.8) is 0 Å². The molecule has 0 aromatic rings. The standard InChI is InChI=1S/C13H26N2O2/c1-11(2)15(12(3)17)10-13-6-4-5-7-14(13)8-9-16/h11,13,16H,4-10H2,1-3H3. The number of amides is 1. The maximum Gasteiger partial charge on any atom is 0.219 e. The van der Waals surface area contributed by atoms with Gasteiger partial charge in [-0.1, -0.05) is 6.42 Å². The van der Waals surface area contributed by atoms with Gasteiger partial charge in [0.1, 0.15) is 0 Å². The minimum absolute atomic E-state index is 0.148. The highest BCUT2D eigenvalue weighted by Crippen LogP contribution is 2.18. The molecule has 0 aliphatic carbocycles. The van der Waals surface area contributed by atoms with E-state index in [1.54, 1.807) is 6.92 Å². The third-order valence-electron chi connectivity index (χ3n) is 3.57. The highest BCUT2D eigenvalue weighted by molar-refractivity contribution is 5.73. The Bertz CT molecular complexity index is 242. The van der Waals surface area contributed by atoms with Gasteiger partial charge in [-0.3, -0.25) is 9.69 Å². The molecule has 0 radical (unpaired) electrons. The highest BCUT2D eigenvalue weighted by atomic mass is 16.3. The lowest BCUT2D eigenvalue weighted by Gasteiger charge is -2.39. The molecule has 1 unspecified atom stereocenters. The molecule has 0 aromatic carbocycles. The van der Waals surface area contributed by atoms with E-state index in [1.165, 1.54) is 12.8 Å². The van der Waals surface area contributed by atoms with E-state index >= 15 is 0 Å². The molecule has 1 aliphatic rings. The molecule has 4 heteroatoms. The van der Waals surface area contributed by atoms with Crippen molar-refractivity contribution in [1.29, 1.82) is 0 Å². The van der Waals surface area contributed by atoms with Crippen LogP contribution in [-0.4, -0.2) is 59.1 Å². The van der Waals surface area contributed by atoms with E-state index in [2.05, 4.69) is 18.7 Å².